The van der Waals surface area contributed by atoms with E-state index in [9.17, 15) is 9.59 Å². The van der Waals surface area contributed by atoms with Crippen LogP contribution < -0.4 is 15.4 Å². The number of rotatable bonds is 5. The van der Waals surface area contributed by atoms with Crippen LogP contribution in [-0.4, -0.2) is 31.5 Å². The van der Waals surface area contributed by atoms with E-state index in [0.717, 1.165) is 19.3 Å². The van der Waals surface area contributed by atoms with Gasteiger partial charge in [-0.25, -0.2) is 0 Å². The van der Waals surface area contributed by atoms with E-state index in [0.29, 0.717) is 17.9 Å². The lowest BCUT2D eigenvalue weighted by Gasteiger charge is -2.20. The van der Waals surface area contributed by atoms with Crippen molar-refractivity contribution in [2.24, 2.45) is 5.92 Å². The standard InChI is InChI=1S/C16H22N2O3/c1-3-17-16(20)13-5-4-6-14(13)18-15(19)11-7-9-12(21-2)10-8-11/h7-10,13-14H,3-6H2,1-2H3,(H,17,20)(H,18,19)/t13-,14+/m0/s1. The normalized spacial score (nSPS) is 20.9. The van der Waals surface area contributed by atoms with Gasteiger partial charge in [0.2, 0.25) is 5.91 Å². The molecule has 2 amide bonds. The number of carbonyl (C=O) groups is 2. The maximum absolute atomic E-state index is 12.2. The minimum absolute atomic E-state index is 0.0371. The van der Waals surface area contributed by atoms with E-state index < -0.39 is 0 Å². The van der Waals surface area contributed by atoms with Gasteiger partial charge in [-0.3, -0.25) is 9.59 Å². The number of carbonyl (C=O) groups excluding carboxylic acids is 2. The molecule has 2 atom stereocenters. The van der Waals surface area contributed by atoms with E-state index in [4.69, 9.17) is 4.74 Å². The molecule has 5 heteroatoms. The number of hydrogen-bond acceptors (Lipinski definition) is 3. The SMILES string of the molecule is CCNC(=O)[C@H]1CCC[C@H]1NC(=O)c1ccc(OC)cc1. The van der Waals surface area contributed by atoms with Gasteiger partial charge in [-0.1, -0.05) is 6.42 Å². The fourth-order valence-electron chi connectivity index (χ4n) is 2.75. The summed E-state index contributed by atoms with van der Waals surface area (Å²) in [5.41, 5.74) is 0.581. The van der Waals surface area contributed by atoms with Crippen LogP contribution in [0.3, 0.4) is 0 Å². The minimum Gasteiger partial charge on any atom is -0.497 e. The Morgan fingerprint density at radius 1 is 1.24 bits per heavy atom. The highest BCUT2D eigenvalue weighted by molar-refractivity contribution is 5.95. The maximum Gasteiger partial charge on any atom is 0.251 e. The molecular weight excluding hydrogens is 268 g/mol. The van der Waals surface area contributed by atoms with E-state index in [-0.39, 0.29) is 23.8 Å². The Morgan fingerprint density at radius 2 is 1.95 bits per heavy atom. The maximum atomic E-state index is 12.2. The fourth-order valence-corrected chi connectivity index (χ4v) is 2.75. The van der Waals surface area contributed by atoms with Crippen LogP contribution in [0.5, 0.6) is 5.75 Å². The Bertz CT molecular complexity index is 499. The van der Waals surface area contributed by atoms with Gasteiger partial charge in [0.15, 0.2) is 0 Å². The molecule has 1 aliphatic carbocycles. The Kier molecular flexibility index (Phi) is 5.20. The second kappa shape index (κ2) is 7.11. The Hall–Kier alpha value is -2.04. The van der Waals surface area contributed by atoms with Gasteiger partial charge in [-0.05, 0) is 44.0 Å². The largest absolute Gasteiger partial charge is 0.497 e. The first kappa shape index (κ1) is 15.4. The quantitative estimate of drug-likeness (QED) is 0.868. The van der Waals surface area contributed by atoms with Gasteiger partial charge in [-0.2, -0.15) is 0 Å². The summed E-state index contributed by atoms with van der Waals surface area (Å²) in [6.45, 7) is 2.52. The molecule has 0 aromatic heterocycles. The molecule has 5 nitrogen and oxygen atoms in total. The third kappa shape index (κ3) is 3.74. The van der Waals surface area contributed by atoms with Crippen LogP contribution in [0.1, 0.15) is 36.5 Å². The molecule has 0 saturated heterocycles. The second-order valence-corrected chi connectivity index (χ2v) is 5.24. The van der Waals surface area contributed by atoms with Crippen molar-refractivity contribution in [2.45, 2.75) is 32.2 Å². The molecule has 0 heterocycles. The van der Waals surface area contributed by atoms with E-state index in [1.165, 1.54) is 0 Å². The van der Waals surface area contributed by atoms with Gasteiger partial charge in [0.1, 0.15) is 5.75 Å². The third-order valence-corrected chi connectivity index (χ3v) is 3.87. The molecule has 1 saturated carbocycles. The molecule has 0 spiro atoms. The van der Waals surface area contributed by atoms with Crippen molar-refractivity contribution in [1.82, 2.24) is 10.6 Å². The predicted molar refractivity (Wildman–Crippen MR) is 80.3 cm³/mol. The Balaban J connectivity index is 1.99. The molecule has 1 aromatic rings. The zero-order valence-electron chi connectivity index (χ0n) is 12.5. The van der Waals surface area contributed by atoms with Crippen LogP contribution in [0.25, 0.3) is 0 Å². The van der Waals surface area contributed by atoms with E-state index in [1.807, 2.05) is 6.92 Å². The zero-order chi connectivity index (χ0) is 15.2. The van der Waals surface area contributed by atoms with Gasteiger partial charge in [-0.15, -0.1) is 0 Å². The summed E-state index contributed by atoms with van der Waals surface area (Å²) < 4.78 is 5.07. The van der Waals surface area contributed by atoms with Crippen LogP contribution in [-0.2, 0) is 4.79 Å². The molecular formula is C16H22N2O3. The number of methoxy groups -OCH3 is 1. The molecule has 0 radical (unpaired) electrons. The number of amides is 2. The van der Waals surface area contributed by atoms with E-state index in [2.05, 4.69) is 10.6 Å². The lowest BCUT2D eigenvalue weighted by Crippen LogP contribution is -2.43. The van der Waals surface area contributed by atoms with Crippen molar-refractivity contribution in [2.75, 3.05) is 13.7 Å². The highest BCUT2D eigenvalue weighted by Gasteiger charge is 2.33. The predicted octanol–water partition coefficient (Wildman–Crippen LogP) is 1.73. The highest BCUT2D eigenvalue weighted by atomic mass is 16.5. The molecule has 114 valence electrons. The van der Waals surface area contributed by atoms with Crippen molar-refractivity contribution in [3.8, 4) is 5.75 Å². The summed E-state index contributed by atoms with van der Waals surface area (Å²) in [4.78, 5) is 24.2. The van der Waals surface area contributed by atoms with Gasteiger partial charge in [0, 0.05) is 18.2 Å². The average molecular weight is 290 g/mol. The van der Waals surface area contributed by atoms with Gasteiger partial charge in [0.25, 0.3) is 5.91 Å². The molecule has 0 unspecified atom stereocenters. The summed E-state index contributed by atoms with van der Waals surface area (Å²) in [5.74, 6) is 0.494. The molecule has 0 aliphatic heterocycles. The van der Waals surface area contributed by atoms with Gasteiger partial charge < -0.3 is 15.4 Å². The van der Waals surface area contributed by atoms with E-state index in [1.54, 1.807) is 31.4 Å². The Labute approximate surface area is 125 Å². The zero-order valence-corrected chi connectivity index (χ0v) is 12.5. The summed E-state index contributed by atoms with van der Waals surface area (Å²) in [6.07, 6.45) is 2.65. The fraction of sp³-hybridized carbons (Fsp3) is 0.500. The van der Waals surface area contributed by atoms with Crippen LogP contribution >= 0.6 is 0 Å². The third-order valence-electron chi connectivity index (χ3n) is 3.87. The smallest absolute Gasteiger partial charge is 0.251 e. The lowest BCUT2D eigenvalue weighted by atomic mass is 10.0. The highest BCUT2D eigenvalue weighted by Crippen LogP contribution is 2.26. The van der Waals surface area contributed by atoms with Crippen molar-refractivity contribution >= 4 is 11.8 Å². The average Bonchev–Trinajstić information content (AvgIpc) is 2.95. The first-order valence-corrected chi connectivity index (χ1v) is 7.38. The minimum atomic E-state index is -0.140. The summed E-state index contributed by atoms with van der Waals surface area (Å²) >= 11 is 0. The van der Waals surface area contributed by atoms with Crippen molar-refractivity contribution in [1.29, 1.82) is 0 Å². The number of hydrogen-bond donors (Lipinski definition) is 2. The lowest BCUT2D eigenvalue weighted by molar-refractivity contribution is -0.125. The molecule has 1 aromatic carbocycles. The molecule has 1 fully saturated rings. The first-order chi connectivity index (χ1) is 10.2. The van der Waals surface area contributed by atoms with Crippen LogP contribution in [0.15, 0.2) is 24.3 Å². The summed E-state index contributed by atoms with van der Waals surface area (Å²) in [5, 5.41) is 5.82. The molecule has 2 rings (SSSR count). The van der Waals surface area contributed by atoms with Gasteiger partial charge in [0.05, 0.1) is 13.0 Å². The molecule has 21 heavy (non-hydrogen) atoms. The topological polar surface area (TPSA) is 67.4 Å². The van der Waals surface area contributed by atoms with Crippen LogP contribution in [0.4, 0.5) is 0 Å². The monoisotopic (exact) mass is 290 g/mol. The van der Waals surface area contributed by atoms with Crippen molar-refractivity contribution < 1.29 is 14.3 Å². The molecule has 0 bridgehead atoms. The number of nitrogens with one attached hydrogen (secondary N) is 2. The summed E-state index contributed by atoms with van der Waals surface area (Å²) in [7, 11) is 1.59. The summed E-state index contributed by atoms with van der Waals surface area (Å²) in [6, 6.07) is 6.88. The van der Waals surface area contributed by atoms with Crippen LogP contribution in [0, 0.1) is 5.92 Å². The molecule has 1 aliphatic rings. The first-order valence-electron chi connectivity index (χ1n) is 7.38. The number of ether oxygens (including phenoxy) is 1. The second-order valence-electron chi connectivity index (χ2n) is 5.24. The van der Waals surface area contributed by atoms with Crippen molar-refractivity contribution in [3.63, 3.8) is 0 Å². The Morgan fingerprint density at radius 3 is 2.57 bits per heavy atom. The van der Waals surface area contributed by atoms with E-state index >= 15 is 0 Å². The van der Waals surface area contributed by atoms with Gasteiger partial charge >= 0.3 is 0 Å². The van der Waals surface area contributed by atoms with Crippen molar-refractivity contribution in [3.05, 3.63) is 29.8 Å². The van der Waals surface area contributed by atoms with Crippen LogP contribution in [0.2, 0.25) is 0 Å². The molecule has 2 N–H and O–H groups in total. The number of benzene rings is 1.